The van der Waals surface area contributed by atoms with Gasteiger partial charge in [0.05, 0.1) is 10.2 Å². The van der Waals surface area contributed by atoms with E-state index in [4.69, 9.17) is 0 Å². The third-order valence-electron chi connectivity index (χ3n) is 2.97. The molecule has 2 aromatic rings. The van der Waals surface area contributed by atoms with Gasteiger partial charge < -0.3 is 5.32 Å². The molecule has 1 saturated carbocycles. The van der Waals surface area contributed by atoms with Crippen molar-refractivity contribution in [1.29, 1.82) is 0 Å². The van der Waals surface area contributed by atoms with Crippen LogP contribution in [0.1, 0.15) is 13.3 Å². The highest BCUT2D eigenvalue weighted by Crippen LogP contribution is 2.39. The Hall–Kier alpha value is -1.42. The summed E-state index contributed by atoms with van der Waals surface area (Å²) in [5, 5.41) is 3.61. The summed E-state index contributed by atoms with van der Waals surface area (Å²) in [6, 6.07) is 7.91. The van der Waals surface area contributed by atoms with Crippen LogP contribution in [0.2, 0.25) is 0 Å². The average molecular weight is 232 g/mol. The van der Waals surface area contributed by atoms with Crippen molar-refractivity contribution in [3.8, 4) is 0 Å². The van der Waals surface area contributed by atoms with E-state index < -0.39 is 0 Å². The molecule has 1 aliphatic carbocycles. The number of nitrogens with zero attached hydrogens (tertiary/aromatic N) is 1. The summed E-state index contributed by atoms with van der Waals surface area (Å²) in [5.74, 6) is 0.855. The maximum Gasteiger partial charge on any atom is 0.229 e. The van der Waals surface area contributed by atoms with E-state index in [-0.39, 0.29) is 11.8 Å². The number of hydrogen-bond donors (Lipinski definition) is 1. The Bertz CT molecular complexity index is 516. The number of hydrogen-bond acceptors (Lipinski definition) is 3. The van der Waals surface area contributed by atoms with E-state index >= 15 is 0 Å². The third kappa shape index (κ3) is 1.69. The summed E-state index contributed by atoms with van der Waals surface area (Å²) in [5.41, 5.74) is 0.951. The highest BCUT2D eigenvalue weighted by Gasteiger charge is 2.39. The van der Waals surface area contributed by atoms with Gasteiger partial charge in [0.1, 0.15) is 0 Å². The molecular weight excluding hydrogens is 220 g/mol. The first kappa shape index (κ1) is 9.78. The maximum atomic E-state index is 11.7. The molecule has 82 valence electrons. The lowest BCUT2D eigenvalue weighted by Gasteiger charge is -1.97. The minimum absolute atomic E-state index is 0.117. The van der Waals surface area contributed by atoms with Crippen molar-refractivity contribution >= 4 is 32.6 Å². The first-order valence-electron chi connectivity index (χ1n) is 5.40. The fourth-order valence-corrected chi connectivity index (χ4v) is 2.68. The number of carbonyl (C=O) groups is 1. The predicted octanol–water partition coefficient (Wildman–Crippen LogP) is 2.89. The van der Waals surface area contributed by atoms with Crippen LogP contribution in [0.15, 0.2) is 24.3 Å². The Morgan fingerprint density at radius 3 is 2.94 bits per heavy atom. The van der Waals surface area contributed by atoms with Crippen LogP contribution in [0.5, 0.6) is 0 Å². The number of rotatable bonds is 2. The molecule has 16 heavy (non-hydrogen) atoms. The summed E-state index contributed by atoms with van der Waals surface area (Å²) in [6.45, 7) is 2.10. The van der Waals surface area contributed by atoms with Crippen LogP contribution in [0.25, 0.3) is 10.2 Å². The Labute approximate surface area is 97.5 Å². The molecule has 1 aromatic heterocycles. The van der Waals surface area contributed by atoms with Crippen molar-refractivity contribution in [1.82, 2.24) is 4.98 Å². The van der Waals surface area contributed by atoms with Crippen molar-refractivity contribution < 1.29 is 4.79 Å². The molecule has 1 amide bonds. The van der Waals surface area contributed by atoms with Gasteiger partial charge in [-0.05, 0) is 24.5 Å². The standard InChI is InChI=1S/C12H12N2OS/c1-7-6-8(7)11(15)14-12-13-9-4-2-3-5-10(9)16-12/h2-5,7-8H,6H2,1H3,(H,13,14,15)/t7-,8+/m1/s1. The molecule has 1 N–H and O–H groups in total. The molecule has 0 radical (unpaired) electrons. The van der Waals surface area contributed by atoms with Gasteiger partial charge in [0, 0.05) is 5.92 Å². The normalized spacial score (nSPS) is 23.3. The van der Waals surface area contributed by atoms with E-state index in [0.717, 1.165) is 16.6 Å². The zero-order valence-electron chi connectivity index (χ0n) is 8.93. The lowest BCUT2D eigenvalue weighted by atomic mass is 10.3. The number of carbonyl (C=O) groups excluding carboxylic acids is 1. The summed E-state index contributed by atoms with van der Waals surface area (Å²) in [4.78, 5) is 16.1. The van der Waals surface area contributed by atoms with Crippen LogP contribution in [0, 0.1) is 11.8 Å². The lowest BCUT2D eigenvalue weighted by Crippen LogP contribution is -2.14. The first-order valence-corrected chi connectivity index (χ1v) is 6.22. The maximum absolute atomic E-state index is 11.7. The van der Waals surface area contributed by atoms with Gasteiger partial charge in [0.25, 0.3) is 0 Å². The summed E-state index contributed by atoms with van der Waals surface area (Å²) >= 11 is 1.53. The van der Waals surface area contributed by atoms with Crippen molar-refractivity contribution in [2.75, 3.05) is 5.32 Å². The van der Waals surface area contributed by atoms with Crippen LogP contribution in [-0.2, 0) is 4.79 Å². The molecule has 1 aromatic carbocycles. The van der Waals surface area contributed by atoms with Crippen molar-refractivity contribution in [3.63, 3.8) is 0 Å². The number of thiazole rings is 1. The fraction of sp³-hybridized carbons (Fsp3) is 0.333. The number of nitrogens with one attached hydrogen (secondary N) is 1. The third-order valence-corrected chi connectivity index (χ3v) is 3.92. The second-order valence-corrected chi connectivity index (χ2v) is 5.33. The van der Waals surface area contributed by atoms with Gasteiger partial charge in [-0.15, -0.1) is 0 Å². The number of para-hydroxylation sites is 1. The minimum atomic E-state index is 0.117. The molecule has 2 atom stereocenters. The summed E-state index contributed by atoms with van der Waals surface area (Å²) < 4.78 is 1.11. The highest BCUT2D eigenvalue weighted by molar-refractivity contribution is 7.22. The lowest BCUT2D eigenvalue weighted by molar-refractivity contribution is -0.117. The van der Waals surface area contributed by atoms with Gasteiger partial charge >= 0.3 is 0 Å². The van der Waals surface area contributed by atoms with Gasteiger partial charge in [0.15, 0.2) is 5.13 Å². The van der Waals surface area contributed by atoms with Gasteiger partial charge in [-0.3, -0.25) is 4.79 Å². The van der Waals surface area contributed by atoms with Crippen molar-refractivity contribution in [2.24, 2.45) is 11.8 Å². The molecule has 1 aliphatic rings. The number of amides is 1. The van der Waals surface area contributed by atoms with Gasteiger partial charge in [0.2, 0.25) is 5.91 Å². The van der Waals surface area contributed by atoms with Crippen LogP contribution in [0.4, 0.5) is 5.13 Å². The molecule has 0 unspecified atom stereocenters. The Balaban J connectivity index is 1.81. The Morgan fingerprint density at radius 1 is 1.50 bits per heavy atom. The fourth-order valence-electron chi connectivity index (χ4n) is 1.81. The molecule has 0 spiro atoms. The summed E-state index contributed by atoms with van der Waals surface area (Å²) in [6.07, 6.45) is 1.01. The molecule has 1 fully saturated rings. The van der Waals surface area contributed by atoms with Gasteiger partial charge in [-0.1, -0.05) is 30.4 Å². The number of aromatic nitrogens is 1. The molecule has 1 heterocycles. The van der Waals surface area contributed by atoms with E-state index in [1.54, 1.807) is 0 Å². The zero-order chi connectivity index (χ0) is 11.1. The number of benzene rings is 1. The molecule has 0 aliphatic heterocycles. The highest BCUT2D eigenvalue weighted by atomic mass is 32.1. The van der Waals surface area contributed by atoms with Crippen LogP contribution in [-0.4, -0.2) is 10.9 Å². The average Bonchev–Trinajstić information content (AvgIpc) is 2.87. The van der Waals surface area contributed by atoms with Crippen LogP contribution >= 0.6 is 11.3 Å². The number of anilines is 1. The quantitative estimate of drug-likeness (QED) is 0.865. The molecule has 3 rings (SSSR count). The smallest absolute Gasteiger partial charge is 0.229 e. The van der Waals surface area contributed by atoms with E-state index in [1.165, 1.54) is 11.3 Å². The van der Waals surface area contributed by atoms with Gasteiger partial charge in [-0.25, -0.2) is 4.98 Å². The topological polar surface area (TPSA) is 42.0 Å². The molecule has 0 bridgehead atoms. The van der Waals surface area contributed by atoms with E-state index in [9.17, 15) is 4.79 Å². The molecule has 0 saturated heterocycles. The van der Waals surface area contributed by atoms with Crippen molar-refractivity contribution in [2.45, 2.75) is 13.3 Å². The molecule has 4 heteroatoms. The van der Waals surface area contributed by atoms with Crippen molar-refractivity contribution in [3.05, 3.63) is 24.3 Å². The van der Waals surface area contributed by atoms with Crippen LogP contribution < -0.4 is 5.32 Å². The Kier molecular flexibility index (Phi) is 2.17. The predicted molar refractivity (Wildman–Crippen MR) is 65.5 cm³/mol. The second kappa shape index (κ2) is 3.56. The SMILES string of the molecule is C[C@@H]1C[C@@H]1C(=O)Nc1nc2ccccc2s1. The minimum Gasteiger partial charge on any atom is -0.302 e. The summed E-state index contributed by atoms with van der Waals surface area (Å²) in [7, 11) is 0. The first-order chi connectivity index (χ1) is 7.74. The van der Waals surface area contributed by atoms with E-state index in [2.05, 4.69) is 17.2 Å². The van der Waals surface area contributed by atoms with E-state index in [1.807, 2.05) is 24.3 Å². The monoisotopic (exact) mass is 232 g/mol. The largest absolute Gasteiger partial charge is 0.302 e. The Morgan fingerprint density at radius 2 is 2.25 bits per heavy atom. The second-order valence-electron chi connectivity index (χ2n) is 4.30. The van der Waals surface area contributed by atoms with Crippen LogP contribution in [0.3, 0.4) is 0 Å². The number of fused-ring (bicyclic) bond motifs is 1. The van der Waals surface area contributed by atoms with E-state index in [0.29, 0.717) is 11.0 Å². The zero-order valence-corrected chi connectivity index (χ0v) is 9.75. The van der Waals surface area contributed by atoms with Gasteiger partial charge in [-0.2, -0.15) is 0 Å². The molecule has 3 nitrogen and oxygen atoms in total. The molecular formula is C12H12N2OS.